The van der Waals surface area contributed by atoms with Crippen molar-refractivity contribution < 1.29 is 4.74 Å². The van der Waals surface area contributed by atoms with Gasteiger partial charge in [-0.25, -0.2) is 0 Å². The smallest absolute Gasteiger partial charge is 0.119 e. The fourth-order valence-electron chi connectivity index (χ4n) is 2.86. The molecule has 2 N–H and O–H groups in total. The summed E-state index contributed by atoms with van der Waals surface area (Å²) >= 11 is 4.93. The molecule has 1 aromatic rings. The molecule has 2 rings (SSSR count). The minimum atomic E-state index is 0.426. The zero-order chi connectivity index (χ0) is 14.4. The molecule has 1 aromatic carbocycles. The maximum Gasteiger partial charge on any atom is 0.119 e. The normalized spacial score (nSPS) is 15.7. The average molecular weight is 292 g/mol. The largest absolute Gasteiger partial charge is 0.492 e. The Balaban J connectivity index is 1.78. The van der Waals surface area contributed by atoms with Crippen LogP contribution in [0.3, 0.4) is 0 Å². The van der Waals surface area contributed by atoms with Crippen LogP contribution in [0, 0.1) is 0 Å². The lowest BCUT2D eigenvalue weighted by atomic mass is 10.2. The lowest BCUT2D eigenvalue weighted by molar-refractivity contribution is 0.168. The van der Waals surface area contributed by atoms with Gasteiger partial charge in [-0.2, -0.15) is 0 Å². The van der Waals surface area contributed by atoms with Crippen molar-refractivity contribution in [3.8, 4) is 5.75 Å². The highest BCUT2D eigenvalue weighted by molar-refractivity contribution is 7.80. The molecule has 0 heterocycles. The van der Waals surface area contributed by atoms with Crippen LogP contribution in [-0.4, -0.2) is 35.6 Å². The van der Waals surface area contributed by atoms with E-state index in [2.05, 4.69) is 11.8 Å². The van der Waals surface area contributed by atoms with E-state index in [1.165, 1.54) is 25.7 Å². The van der Waals surface area contributed by atoms with E-state index in [-0.39, 0.29) is 0 Å². The number of hydrogen-bond donors (Lipinski definition) is 1. The van der Waals surface area contributed by atoms with E-state index in [9.17, 15) is 0 Å². The highest BCUT2D eigenvalue weighted by Crippen LogP contribution is 2.23. The van der Waals surface area contributed by atoms with E-state index in [0.29, 0.717) is 4.99 Å². The molecular formula is C16H24N2OS. The van der Waals surface area contributed by atoms with Crippen molar-refractivity contribution >= 4 is 17.2 Å². The van der Waals surface area contributed by atoms with Gasteiger partial charge in [0.2, 0.25) is 0 Å². The third-order valence-electron chi connectivity index (χ3n) is 4.03. The van der Waals surface area contributed by atoms with Gasteiger partial charge in [0.15, 0.2) is 0 Å². The number of nitrogens with two attached hydrogens (primary N) is 1. The molecule has 0 aliphatic heterocycles. The number of ether oxygens (including phenoxy) is 1. The SMILES string of the molecule is CCN(CCOc1ccc(C(N)=S)cc1)C1CCCC1. The van der Waals surface area contributed by atoms with Crippen molar-refractivity contribution in [2.45, 2.75) is 38.6 Å². The Bertz CT molecular complexity index is 427. The third-order valence-corrected chi connectivity index (χ3v) is 4.27. The molecule has 0 aromatic heterocycles. The average Bonchev–Trinajstić information content (AvgIpc) is 2.98. The monoisotopic (exact) mass is 292 g/mol. The second-order valence-electron chi connectivity index (χ2n) is 5.30. The van der Waals surface area contributed by atoms with Gasteiger partial charge in [0, 0.05) is 18.2 Å². The maximum absolute atomic E-state index is 5.81. The molecule has 3 nitrogen and oxygen atoms in total. The van der Waals surface area contributed by atoms with Gasteiger partial charge in [-0.05, 0) is 43.7 Å². The zero-order valence-electron chi connectivity index (χ0n) is 12.2. The quantitative estimate of drug-likeness (QED) is 0.784. The summed E-state index contributed by atoms with van der Waals surface area (Å²) in [6.45, 7) is 5.07. The number of thiocarbonyl (C=S) groups is 1. The standard InChI is InChI=1S/C16H24N2OS/c1-2-18(14-5-3-4-6-14)11-12-19-15-9-7-13(8-10-15)16(17)20/h7-10,14H,2-6,11-12H2,1H3,(H2,17,20). The Morgan fingerprint density at radius 2 is 1.95 bits per heavy atom. The van der Waals surface area contributed by atoms with Gasteiger partial charge >= 0.3 is 0 Å². The van der Waals surface area contributed by atoms with E-state index in [1.54, 1.807) is 0 Å². The fraction of sp³-hybridized carbons (Fsp3) is 0.562. The number of likely N-dealkylation sites (N-methyl/N-ethyl adjacent to an activating group) is 1. The van der Waals surface area contributed by atoms with Crippen molar-refractivity contribution in [1.29, 1.82) is 0 Å². The van der Waals surface area contributed by atoms with Crippen LogP contribution in [0.25, 0.3) is 0 Å². The predicted molar refractivity (Wildman–Crippen MR) is 87.3 cm³/mol. The molecule has 1 fully saturated rings. The Hall–Kier alpha value is -1.13. The first-order valence-corrected chi connectivity index (χ1v) is 7.88. The van der Waals surface area contributed by atoms with Crippen LogP contribution in [0.1, 0.15) is 38.2 Å². The van der Waals surface area contributed by atoms with Crippen LogP contribution in [0.15, 0.2) is 24.3 Å². The van der Waals surface area contributed by atoms with E-state index < -0.39 is 0 Å². The van der Waals surface area contributed by atoms with Gasteiger partial charge in [-0.1, -0.05) is 32.0 Å². The first-order chi connectivity index (χ1) is 9.70. The molecule has 20 heavy (non-hydrogen) atoms. The van der Waals surface area contributed by atoms with E-state index in [1.807, 2.05) is 24.3 Å². The topological polar surface area (TPSA) is 38.5 Å². The number of benzene rings is 1. The van der Waals surface area contributed by atoms with Gasteiger partial charge < -0.3 is 10.5 Å². The molecular weight excluding hydrogens is 268 g/mol. The van der Waals surface area contributed by atoms with Crippen molar-refractivity contribution in [3.63, 3.8) is 0 Å². The predicted octanol–water partition coefficient (Wildman–Crippen LogP) is 2.96. The zero-order valence-corrected chi connectivity index (χ0v) is 13.0. The number of nitrogens with zero attached hydrogens (tertiary/aromatic N) is 1. The third kappa shape index (κ3) is 4.18. The molecule has 1 saturated carbocycles. The number of hydrogen-bond acceptors (Lipinski definition) is 3. The summed E-state index contributed by atoms with van der Waals surface area (Å²) < 4.78 is 5.81. The van der Waals surface area contributed by atoms with Crippen molar-refractivity contribution in [2.24, 2.45) is 5.73 Å². The summed E-state index contributed by atoms with van der Waals surface area (Å²) in [5, 5.41) is 0. The first-order valence-electron chi connectivity index (χ1n) is 7.47. The molecule has 4 heteroatoms. The van der Waals surface area contributed by atoms with Gasteiger partial charge in [0.25, 0.3) is 0 Å². The van der Waals surface area contributed by atoms with Crippen LogP contribution in [0.2, 0.25) is 0 Å². The summed E-state index contributed by atoms with van der Waals surface area (Å²) in [7, 11) is 0. The fourth-order valence-corrected chi connectivity index (χ4v) is 3.00. The molecule has 0 unspecified atom stereocenters. The van der Waals surface area contributed by atoms with Gasteiger partial charge in [0.05, 0.1) is 0 Å². The second-order valence-corrected chi connectivity index (χ2v) is 5.74. The molecule has 0 spiro atoms. The molecule has 0 bridgehead atoms. The van der Waals surface area contributed by atoms with Crippen molar-refractivity contribution in [3.05, 3.63) is 29.8 Å². The summed E-state index contributed by atoms with van der Waals surface area (Å²) in [5.41, 5.74) is 6.46. The van der Waals surface area contributed by atoms with Crippen LogP contribution < -0.4 is 10.5 Å². The molecule has 0 amide bonds. The van der Waals surface area contributed by atoms with Crippen molar-refractivity contribution in [2.75, 3.05) is 19.7 Å². The minimum Gasteiger partial charge on any atom is -0.492 e. The highest BCUT2D eigenvalue weighted by atomic mass is 32.1. The van der Waals surface area contributed by atoms with Crippen molar-refractivity contribution in [1.82, 2.24) is 4.90 Å². The molecule has 1 aliphatic rings. The van der Waals surface area contributed by atoms with Crippen LogP contribution in [0.4, 0.5) is 0 Å². The van der Waals surface area contributed by atoms with Gasteiger partial charge in [-0.15, -0.1) is 0 Å². The minimum absolute atomic E-state index is 0.426. The summed E-state index contributed by atoms with van der Waals surface area (Å²) in [6, 6.07) is 8.44. The Kier molecular flexibility index (Phi) is 5.80. The summed E-state index contributed by atoms with van der Waals surface area (Å²) in [4.78, 5) is 2.96. The molecule has 0 saturated heterocycles. The van der Waals surface area contributed by atoms with Gasteiger partial charge in [-0.3, -0.25) is 4.90 Å². The van der Waals surface area contributed by atoms with E-state index >= 15 is 0 Å². The molecule has 110 valence electrons. The Labute approximate surface area is 127 Å². The first kappa shape index (κ1) is 15.3. The molecule has 0 atom stereocenters. The molecule has 1 aliphatic carbocycles. The lowest BCUT2D eigenvalue weighted by Gasteiger charge is -2.27. The number of rotatable bonds is 7. The lowest BCUT2D eigenvalue weighted by Crippen LogP contribution is -2.36. The van der Waals surface area contributed by atoms with Crippen LogP contribution in [0.5, 0.6) is 5.75 Å². The Morgan fingerprint density at radius 3 is 2.50 bits per heavy atom. The van der Waals surface area contributed by atoms with E-state index in [4.69, 9.17) is 22.7 Å². The summed E-state index contributed by atoms with van der Waals surface area (Å²) in [6.07, 6.45) is 5.44. The van der Waals surface area contributed by atoms with Crippen LogP contribution >= 0.6 is 12.2 Å². The maximum atomic E-state index is 5.81. The summed E-state index contributed by atoms with van der Waals surface area (Å²) in [5.74, 6) is 0.882. The Morgan fingerprint density at radius 1 is 1.30 bits per heavy atom. The van der Waals surface area contributed by atoms with Crippen LogP contribution in [-0.2, 0) is 0 Å². The van der Waals surface area contributed by atoms with Gasteiger partial charge in [0.1, 0.15) is 17.3 Å². The molecule has 0 radical (unpaired) electrons. The highest BCUT2D eigenvalue weighted by Gasteiger charge is 2.20. The second kappa shape index (κ2) is 7.60. The van der Waals surface area contributed by atoms with E-state index in [0.717, 1.165) is 37.1 Å².